The van der Waals surface area contributed by atoms with Crippen LogP contribution >= 0.6 is 31.9 Å². The second-order valence-corrected chi connectivity index (χ2v) is 7.65. The first kappa shape index (κ1) is 20.5. The molecule has 0 aliphatic rings. The van der Waals surface area contributed by atoms with E-state index in [1.54, 1.807) is 0 Å². The van der Waals surface area contributed by atoms with E-state index < -0.39 is 0 Å². The molecule has 0 saturated heterocycles. The SMILES string of the molecule is Cc1cc(C)c(NC(=O)CNC(=O)COc2c(Br)cccc2Br)c(C)c1. The van der Waals surface area contributed by atoms with E-state index >= 15 is 0 Å². The second kappa shape index (κ2) is 9.19. The van der Waals surface area contributed by atoms with E-state index in [2.05, 4.69) is 42.5 Å². The number of anilines is 1. The Morgan fingerprint density at radius 1 is 1.00 bits per heavy atom. The largest absolute Gasteiger partial charge is 0.481 e. The van der Waals surface area contributed by atoms with E-state index in [4.69, 9.17) is 4.74 Å². The van der Waals surface area contributed by atoms with E-state index in [-0.39, 0.29) is 25.0 Å². The van der Waals surface area contributed by atoms with Crippen LogP contribution in [0.3, 0.4) is 0 Å². The first-order valence-electron chi connectivity index (χ1n) is 7.99. The van der Waals surface area contributed by atoms with Crippen LogP contribution in [0, 0.1) is 20.8 Å². The summed E-state index contributed by atoms with van der Waals surface area (Å²) in [5, 5.41) is 5.40. The fourth-order valence-corrected chi connectivity index (χ4v) is 3.78. The average molecular weight is 484 g/mol. The molecule has 5 nitrogen and oxygen atoms in total. The number of nitrogens with one attached hydrogen (secondary N) is 2. The fourth-order valence-electron chi connectivity index (χ4n) is 2.55. The second-order valence-electron chi connectivity index (χ2n) is 5.94. The maximum absolute atomic E-state index is 12.1. The number of rotatable bonds is 6. The van der Waals surface area contributed by atoms with Crippen LogP contribution in [-0.2, 0) is 9.59 Å². The van der Waals surface area contributed by atoms with Crippen molar-refractivity contribution >= 4 is 49.4 Å². The van der Waals surface area contributed by atoms with Crippen molar-refractivity contribution in [1.29, 1.82) is 0 Å². The van der Waals surface area contributed by atoms with E-state index in [1.807, 2.05) is 51.1 Å². The molecule has 2 amide bonds. The minimum Gasteiger partial charge on any atom is -0.481 e. The number of hydrogen-bond acceptors (Lipinski definition) is 3. The molecule has 138 valence electrons. The van der Waals surface area contributed by atoms with Gasteiger partial charge in [-0.15, -0.1) is 0 Å². The van der Waals surface area contributed by atoms with Crippen LogP contribution in [0.1, 0.15) is 16.7 Å². The molecule has 2 aromatic rings. The summed E-state index contributed by atoms with van der Waals surface area (Å²) in [7, 11) is 0. The Kier molecular flexibility index (Phi) is 7.23. The van der Waals surface area contributed by atoms with Crippen molar-refractivity contribution in [3.8, 4) is 5.75 Å². The first-order valence-corrected chi connectivity index (χ1v) is 9.57. The number of para-hydroxylation sites is 1. The summed E-state index contributed by atoms with van der Waals surface area (Å²) in [5.74, 6) is -0.117. The molecular formula is C19H20Br2N2O3. The Hall–Kier alpha value is -1.86. The third-order valence-electron chi connectivity index (χ3n) is 3.65. The highest BCUT2D eigenvalue weighted by Gasteiger charge is 2.12. The zero-order valence-corrected chi connectivity index (χ0v) is 18.0. The molecule has 0 fully saturated rings. The van der Waals surface area contributed by atoms with E-state index in [0.29, 0.717) is 5.75 Å². The molecule has 0 spiro atoms. The Balaban J connectivity index is 1.85. The predicted octanol–water partition coefficient (Wildman–Crippen LogP) is 4.27. The van der Waals surface area contributed by atoms with Crippen molar-refractivity contribution in [2.45, 2.75) is 20.8 Å². The summed E-state index contributed by atoms with van der Waals surface area (Å²) >= 11 is 6.73. The van der Waals surface area contributed by atoms with E-state index in [0.717, 1.165) is 31.3 Å². The molecular weight excluding hydrogens is 464 g/mol. The van der Waals surface area contributed by atoms with Gasteiger partial charge in [-0.1, -0.05) is 23.8 Å². The van der Waals surface area contributed by atoms with Crippen molar-refractivity contribution in [3.05, 3.63) is 56.0 Å². The summed E-state index contributed by atoms with van der Waals surface area (Å²) in [4.78, 5) is 24.0. The van der Waals surface area contributed by atoms with Gasteiger partial charge in [0.1, 0.15) is 5.75 Å². The molecule has 0 radical (unpaired) electrons. The summed E-state index contributed by atoms with van der Waals surface area (Å²) in [5.41, 5.74) is 3.90. The molecule has 7 heteroatoms. The summed E-state index contributed by atoms with van der Waals surface area (Å²) in [6.07, 6.45) is 0. The van der Waals surface area contributed by atoms with Crippen molar-refractivity contribution in [3.63, 3.8) is 0 Å². The molecule has 0 heterocycles. The van der Waals surface area contributed by atoms with Crippen molar-refractivity contribution in [1.82, 2.24) is 5.32 Å². The topological polar surface area (TPSA) is 67.4 Å². The summed E-state index contributed by atoms with van der Waals surface area (Å²) < 4.78 is 6.97. The maximum atomic E-state index is 12.1. The Bertz CT molecular complexity index is 794. The summed E-state index contributed by atoms with van der Waals surface area (Å²) in [6, 6.07) is 9.49. The minimum atomic E-state index is -0.375. The number of aryl methyl sites for hydroxylation is 3. The zero-order valence-electron chi connectivity index (χ0n) is 14.8. The van der Waals surface area contributed by atoms with E-state index in [1.165, 1.54) is 0 Å². The predicted molar refractivity (Wildman–Crippen MR) is 110 cm³/mol. The number of carbonyl (C=O) groups excluding carboxylic acids is 2. The van der Waals surface area contributed by atoms with Gasteiger partial charge in [-0.3, -0.25) is 9.59 Å². The fraction of sp³-hybridized carbons (Fsp3) is 0.263. The lowest BCUT2D eigenvalue weighted by Gasteiger charge is -2.13. The third kappa shape index (κ3) is 5.57. The minimum absolute atomic E-state index is 0.119. The Morgan fingerprint density at radius 2 is 1.58 bits per heavy atom. The standard InChI is InChI=1S/C19H20Br2N2O3/c1-11-7-12(2)18(13(3)8-11)23-16(24)9-22-17(25)10-26-19-14(20)5-4-6-15(19)21/h4-8H,9-10H2,1-3H3,(H,22,25)(H,23,24). The number of carbonyl (C=O) groups is 2. The first-order chi connectivity index (χ1) is 12.3. The highest BCUT2D eigenvalue weighted by Crippen LogP contribution is 2.32. The lowest BCUT2D eigenvalue weighted by atomic mass is 10.1. The summed E-state index contributed by atoms with van der Waals surface area (Å²) in [6.45, 7) is 5.59. The molecule has 2 aromatic carbocycles. The number of benzene rings is 2. The molecule has 26 heavy (non-hydrogen) atoms. The number of hydrogen-bond donors (Lipinski definition) is 2. The van der Waals surface area contributed by atoms with Crippen LogP contribution in [0.15, 0.2) is 39.3 Å². The number of halogens is 2. The highest BCUT2D eigenvalue weighted by molar-refractivity contribution is 9.11. The van der Waals surface area contributed by atoms with Gasteiger partial charge in [0, 0.05) is 5.69 Å². The van der Waals surface area contributed by atoms with Gasteiger partial charge in [-0.05, 0) is 75.9 Å². The maximum Gasteiger partial charge on any atom is 0.258 e. The zero-order chi connectivity index (χ0) is 19.3. The Labute approximate surface area is 169 Å². The van der Waals surface area contributed by atoms with Gasteiger partial charge in [0.15, 0.2) is 6.61 Å². The van der Waals surface area contributed by atoms with Crippen LogP contribution in [0.2, 0.25) is 0 Å². The van der Waals surface area contributed by atoms with Gasteiger partial charge in [0.25, 0.3) is 5.91 Å². The normalized spacial score (nSPS) is 10.3. The molecule has 0 aliphatic heterocycles. The molecule has 0 aliphatic carbocycles. The molecule has 0 unspecified atom stereocenters. The van der Waals surface area contributed by atoms with Gasteiger partial charge in [0.05, 0.1) is 15.5 Å². The van der Waals surface area contributed by atoms with Crippen LogP contribution < -0.4 is 15.4 Å². The quantitative estimate of drug-likeness (QED) is 0.644. The van der Waals surface area contributed by atoms with E-state index in [9.17, 15) is 9.59 Å². The van der Waals surface area contributed by atoms with Gasteiger partial charge in [-0.25, -0.2) is 0 Å². The van der Waals surface area contributed by atoms with Crippen LogP contribution in [0.4, 0.5) is 5.69 Å². The lowest BCUT2D eigenvalue weighted by Crippen LogP contribution is -2.36. The van der Waals surface area contributed by atoms with Gasteiger partial charge >= 0.3 is 0 Å². The Morgan fingerprint density at radius 3 is 2.15 bits per heavy atom. The number of amides is 2. The average Bonchev–Trinajstić information content (AvgIpc) is 2.55. The van der Waals surface area contributed by atoms with Gasteiger partial charge in [-0.2, -0.15) is 0 Å². The van der Waals surface area contributed by atoms with Crippen molar-refractivity contribution < 1.29 is 14.3 Å². The van der Waals surface area contributed by atoms with Crippen molar-refractivity contribution in [2.24, 2.45) is 0 Å². The third-order valence-corrected chi connectivity index (χ3v) is 4.90. The number of ether oxygens (including phenoxy) is 1. The highest BCUT2D eigenvalue weighted by atomic mass is 79.9. The molecule has 0 aromatic heterocycles. The molecule has 0 atom stereocenters. The van der Waals surface area contributed by atoms with Crippen LogP contribution in [0.5, 0.6) is 5.75 Å². The molecule has 0 saturated carbocycles. The van der Waals surface area contributed by atoms with Gasteiger partial charge < -0.3 is 15.4 Å². The van der Waals surface area contributed by atoms with Gasteiger partial charge in [0.2, 0.25) is 5.91 Å². The monoisotopic (exact) mass is 482 g/mol. The van der Waals surface area contributed by atoms with Crippen molar-refractivity contribution in [2.75, 3.05) is 18.5 Å². The lowest BCUT2D eigenvalue weighted by molar-refractivity contribution is -0.125. The molecule has 0 bridgehead atoms. The molecule has 2 rings (SSSR count). The van der Waals surface area contributed by atoms with Crippen LogP contribution in [0.25, 0.3) is 0 Å². The van der Waals surface area contributed by atoms with Crippen LogP contribution in [-0.4, -0.2) is 25.0 Å². The molecule has 2 N–H and O–H groups in total. The smallest absolute Gasteiger partial charge is 0.258 e.